The van der Waals surface area contributed by atoms with Crippen molar-refractivity contribution in [3.05, 3.63) is 56.6 Å². The molecule has 1 atom stereocenters. The summed E-state index contributed by atoms with van der Waals surface area (Å²) in [6, 6.07) is 7.36. The molecule has 0 aliphatic rings. The van der Waals surface area contributed by atoms with Crippen LogP contribution in [0.25, 0.3) is 0 Å². The highest BCUT2D eigenvalue weighted by atomic mass is 35.5. The van der Waals surface area contributed by atoms with Crippen molar-refractivity contribution in [3.63, 3.8) is 0 Å². The fraction of sp³-hybridized carbons (Fsp3) is 0.316. The van der Waals surface area contributed by atoms with Crippen LogP contribution in [0.5, 0.6) is 11.5 Å². The second kappa shape index (κ2) is 7.98. The standard InChI is InChI=1S/C19H21Cl2NO3/c1-10-5-6-16(11(2)7-10)25-13(4)19(24)22-9-14-8-15(20)12(3)17(21)18(14)23/h5-8,13,23H,9H2,1-4H3,(H,22,24). The molecule has 2 rings (SSSR count). The summed E-state index contributed by atoms with van der Waals surface area (Å²) in [6.07, 6.45) is -0.681. The number of ether oxygens (including phenoxy) is 1. The van der Waals surface area contributed by atoms with E-state index in [2.05, 4.69) is 5.32 Å². The molecule has 0 saturated heterocycles. The van der Waals surface area contributed by atoms with E-state index in [0.29, 0.717) is 21.9 Å². The molecule has 4 nitrogen and oxygen atoms in total. The van der Waals surface area contributed by atoms with E-state index < -0.39 is 6.10 Å². The minimum atomic E-state index is -0.681. The monoisotopic (exact) mass is 381 g/mol. The van der Waals surface area contributed by atoms with E-state index in [1.54, 1.807) is 19.9 Å². The largest absolute Gasteiger partial charge is 0.506 e. The molecule has 0 aliphatic carbocycles. The number of amides is 1. The Bertz CT molecular complexity index is 806. The van der Waals surface area contributed by atoms with Crippen LogP contribution in [0.2, 0.25) is 10.0 Å². The van der Waals surface area contributed by atoms with Crippen LogP contribution in [-0.2, 0) is 11.3 Å². The van der Waals surface area contributed by atoms with Gasteiger partial charge in [0.15, 0.2) is 6.10 Å². The van der Waals surface area contributed by atoms with E-state index in [1.807, 2.05) is 32.0 Å². The number of benzene rings is 2. The second-order valence-corrected chi connectivity index (χ2v) is 6.84. The first-order valence-corrected chi connectivity index (χ1v) is 8.64. The van der Waals surface area contributed by atoms with Gasteiger partial charge in [0.2, 0.25) is 0 Å². The summed E-state index contributed by atoms with van der Waals surface area (Å²) in [6.45, 7) is 7.42. The number of rotatable bonds is 5. The molecule has 0 heterocycles. The lowest BCUT2D eigenvalue weighted by molar-refractivity contribution is -0.127. The van der Waals surface area contributed by atoms with Gasteiger partial charge in [0.05, 0.1) is 5.02 Å². The lowest BCUT2D eigenvalue weighted by Gasteiger charge is -2.17. The fourth-order valence-electron chi connectivity index (χ4n) is 2.39. The maximum atomic E-state index is 12.3. The van der Waals surface area contributed by atoms with Gasteiger partial charge in [0.1, 0.15) is 11.5 Å². The minimum Gasteiger partial charge on any atom is -0.506 e. The first-order chi connectivity index (χ1) is 11.7. The Hall–Kier alpha value is -1.91. The van der Waals surface area contributed by atoms with Crippen molar-refractivity contribution in [1.82, 2.24) is 5.32 Å². The summed E-state index contributed by atoms with van der Waals surface area (Å²) >= 11 is 12.1. The van der Waals surface area contributed by atoms with Gasteiger partial charge in [-0.2, -0.15) is 0 Å². The predicted octanol–water partition coefficient (Wildman–Crippen LogP) is 4.71. The maximum Gasteiger partial charge on any atom is 0.261 e. The van der Waals surface area contributed by atoms with Gasteiger partial charge in [-0.15, -0.1) is 0 Å². The molecule has 1 unspecified atom stereocenters. The van der Waals surface area contributed by atoms with E-state index in [-0.39, 0.29) is 23.2 Å². The molecular weight excluding hydrogens is 361 g/mol. The van der Waals surface area contributed by atoms with Gasteiger partial charge in [-0.3, -0.25) is 4.79 Å². The molecule has 0 saturated carbocycles. The van der Waals surface area contributed by atoms with Crippen molar-refractivity contribution in [3.8, 4) is 11.5 Å². The van der Waals surface area contributed by atoms with E-state index >= 15 is 0 Å². The molecule has 0 bridgehead atoms. The first-order valence-electron chi connectivity index (χ1n) is 7.88. The molecule has 1 amide bonds. The topological polar surface area (TPSA) is 58.6 Å². The van der Waals surface area contributed by atoms with E-state index in [9.17, 15) is 9.90 Å². The second-order valence-electron chi connectivity index (χ2n) is 6.05. The average molecular weight is 382 g/mol. The zero-order valence-corrected chi connectivity index (χ0v) is 16.1. The van der Waals surface area contributed by atoms with Gasteiger partial charge in [-0.1, -0.05) is 40.9 Å². The van der Waals surface area contributed by atoms with Gasteiger partial charge >= 0.3 is 0 Å². The maximum absolute atomic E-state index is 12.3. The Morgan fingerprint density at radius 1 is 1.24 bits per heavy atom. The van der Waals surface area contributed by atoms with Crippen molar-refractivity contribution < 1.29 is 14.6 Å². The van der Waals surface area contributed by atoms with Crippen molar-refractivity contribution in [2.24, 2.45) is 0 Å². The third-order valence-corrected chi connectivity index (χ3v) is 4.81. The Morgan fingerprint density at radius 3 is 2.56 bits per heavy atom. The molecular formula is C19H21Cl2NO3. The van der Waals surface area contributed by atoms with Crippen LogP contribution in [0.1, 0.15) is 29.2 Å². The molecule has 0 aromatic heterocycles. The normalized spacial score (nSPS) is 11.9. The number of carbonyl (C=O) groups excluding carboxylic acids is 1. The summed E-state index contributed by atoms with van der Waals surface area (Å²) in [5, 5.41) is 13.4. The van der Waals surface area contributed by atoms with E-state index in [0.717, 1.165) is 11.1 Å². The number of aromatic hydroxyl groups is 1. The number of hydrogen-bond acceptors (Lipinski definition) is 3. The molecule has 0 fully saturated rings. The van der Waals surface area contributed by atoms with Gasteiger partial charge < -0.3 is 15.2 Å². The number of halogens is 2. The Balaban J connectivity index is 2.02. The molecule has 2 N–H and O–H groups in total. The number of hydrogen-bond donors (Lipinski definition) is 2. The van der Waals surface area contributed by atoms with Crippen molar-refractivity contribution >= 4 is 29.1 Å². The molecule has 6 heteroatoms. The smallest absolute Gasteiger partial charge is 0.261 e. The van der Waals surface area contributed by atoms with Crippen LogP contribution in [0.4, 0.5) is 0 Å². The zero-order chi connectivity index (χ0) is 18.7. The van der Waals surface area contributed by atoms with Crippen molar-refractivity contribution in [1.29, 1.82) is 0 Å². The highest BCUT2D eigenvalue weighted by Crippen LogP contribution is 2.35. The third-order valence-electron chi connectivity index (χ3n) is 3.96. The molecule has 2 aromatic carbocycles. The first kappa shape index (κ1) is 19.4. The van der Waals surface area contributed by atoms with E-state index in [1.165, 1.54) is 0 Å². The number of aryl methyl sites for hydroxylation is 2. The van der Waals surface area contributed by atoms with Gasteiger partial charge in [-0.05, 0) is 51.0 Å². The summed E-state index contributed by atoms with van der Waals surface area (Å²) in [7, 11) is 0. The Morgan fingerprint density at radius 2 is 1.92 bits per heavy atom. The summed E-state index contributed by atoms with van der Waals surface area (Å²) in [4.78, 5) is 12.3. The molecule has 0 spiro atoms. The summed E-state index contributed by atoms with van der Waals surface area (Å²) in [5.74, 6) is 0.288. The molecule has 2 aromatic rings. The van der Waals surface area contributed by atoms with Crippen LogP contribution < -0.4 is 10.1 Å². The summed E-state index contributed by atoms with van der Waals surface area (Å²) in [5.41, 5.74) is 3.15. The quantitative estimate of drug-likeness (QED) is 0.788. The number of phenols is 1. The number of carbonyl (C=O) groups is 1. The van der Waals surface area contributed by atoms with Gasteiger partial charge in [0, 0.05) is 17.1 Å². The van der Waals surface area contributed by atoms with Crippen molar-refractivity contribution in [2.45, 2.75) is 40.3 Å². The number of phenolic OH excluding ortho intramolecular Hbond substituents is 1. The Labute approximate surface area is 157 Å². The molecule has 0 aliphatic heterocycles. The van der Waals surface area contributed by atoms with Crippen LogP contribution in [-0.4, -0.2) is 17.1 Å². The van der Waals surface area contributed by atoms with Gasteiger partial charge in [-0.25, -0.2) is 0 Å². The molecule has 134 valence electrons. The Kier molecular flexibility index (Phi) is 6.20. The SMILES string of the molecule is Cc1ccc(OC(C)C(=O)NCc2cc(Cl)c(C)c(Cl)c2O)c(C)c1. The fourth-order valence-corrected chi connectivity index (χ4v) is 2.89. The molecule has 25 heavy (non-hydrogen) atoms. The van der Waals surface area contributed by atoms with Crippen molar-refractivity contribution in [2.75, 3.05) is 0 Å². The lowest BCUT2D eigenvalue weighted by atomic mass is 10.1. The van der Waals surface area contributed by atoms with Crippen LogP contribution in [0.15, 0.2) is 24.3 Å². The zero-order valence-electron chi connectivity index (χ0n) is 14.6. The minimum absolute atomic E-state index is 0.0770. The van der Waals surface area contributed by atoms with Crippen LogP contribution >= 0.6 is 23.2 Å². The van der Waals surface area contributed by atoms with E-state index in [4.69, 9.17) is 27.9 Å². The highest BCUT2D eigenvalue weighted by molar-refractivity contribution is 6.37. The highest BCUT2D eigenvalue weighted by Gasteiger charge is 2.18. The lowest BCUT2D eigenvalue weighted by Crippen LogP contribution is -2.36. The summed E-state index contributed by atoms with van der Waals surface area (Å²) < 4.78 is 5.72. The molecule has 0 radical (unpaired) electrons. The average Bonchev–Trinajstić information content (AvgIpc) is 2.57. The third kappa shape index (κ3) is 4.59. The number of nitrogens with one attached hydrogen (secondary N) is 1. The predicted molar refractivity (Wildman–Crippen MR) is 101 cm³/mol. The van der Waals surface area contributed by atoms with Gasteiger partial charge in [0.25, 0.3) is 5.91 Å². The van der Waals surface area contributed by atoms with Crippen LogP contribution in [0, 0.1) is 20.8 Å². The van der Waals surface area contributed by atoms with Crippen LogP contribution in [0.3, 0.4) is 0 Å².